The molecule has 1 fully saturated rings. The number of ether oxygens (including phenoxy) is 1. The molecule has 1 atom stereocenters. The molecule has 1 aliphatic rings. The molecule has 1 aliphatic carbocycles. The van der Waals surface area contributed by atoms with Crippen LogP contribution in [0.5, 0.6) is 0 Å². The SMILES string of the molecule is COC1(C(N)Cc2ccc(C(C)C)cc2)CCCCCC1. The van der Waals surface area contributed by atoms with Gasteiger partial charge in [0.1, 0.15) is 0 Å². The van der Waals surface area contributed by atoms with Crippen molar-refractivity contribution in [3.8, 4) is 0 Å². The fourth-order valence-corrected chi connectivity index (χ4v) is 3.53. The molecule has 1 unspecified atom stereocenters. The van der Waals surface area contributed by atoms with Crippen molar-refractivity contribution < 1.29 is 4.74 Å². The van der Waals surface area contributed by atoms with Gasteiger partial charge >= 0.3 is 0 Å². The van der Waals surface area contributed by atoms with Gasteiger partial charge in [-0.05, 0) is 36.3 Å². The van der Waals surface area contributed by atoms with Crippen LogP contribution in [0.3, 0.4) is 0 Å². The van der Waals surface area contributed by atoms with E-state index in [0.29, 0.717) is 5.92 Å². The number of nitrogens with two attached hydrogens (primary N) is 1. The van der Waals surface area contributed by atoms with E-state index in [1.54, 1.807) is 0 Å². The zero-order valence-electron chi connectivity index (χ0n) is 13.9. The maximum Gasteiger partial charge on any atom is 0.0832 e. The predicted molar refractivity (Wildman–Crippen MR) is 89.7 cm³/mol. The zero-order valence-corrected chi connectivity index (χ0v) is 13.9. The highest BCUT2D eigenvalue weighted by Crippen LogP contribution is 2.33. The summed E-state index contributed by atoms with van der Waals surface area (Å²) >= 11 is 0. The lowest BCUT2D eigenvalue weighted by Crippen LogP contribution is -2.50. The van der Waals surface area contributed by atoms with Gasteiger partial charge in [0.15, 0.2) is 0 Å². The Hall–Kier alpha value is -0.860. The molecular weight excluding hydrogens is 258 g/mol. The molecule has 0 radical (unpaired) electrons. The van der Waals surface area contributed by atoms with E-state index in [0.717, 1.165) is 19.3 Å². The third kappa shape index (κ3) is 4.08. The van der Waals surface area contributed by atoms with E-state index >= 15 is 0 Å². The number of benzene rings is 1. The minimum atomic E-state index is -0.118. The lowest BCUT2D eigenvalue weighted by atomic mass is 9.83. The van der Waals surface area contributed by atoms with E-state index in [-0.39, 0.29) is 11.6 Å². The van der Waals surface area contributed by atoms with Gasteiger partial charge < -0.3 is 10.5 Å². The fraction of sp³-hybridized carbons (Fsp3) is 0.684. The molecule has 2 rings (SSSR count). The first kappa shape index (κ1) is 16.5. The van der Waals surface area contributed by atoms with Gasteiger partial charge in [0.2, 0.25) is 0 Å². The molecule has 1 saturated carbocycles. The Morgan fingerprint density at radius 1 is 1.05 bits per heavy atom. The number of hydrogen-bond donors (Lipinski definition) is 1. The average molecular weight is 289 g/mol. The monoisotopic (exact) mass is 289 g/mol. The van der Waals surface area contributed by atoms with Gasteiger partial charge in [-0.1, -0.05) is 63.8 Å². The minimum absolute atomic E-state index is 0.0884. The highest BCUT2D eigenvalue weighted by Gasteiger charge is 2.36. The van der Waals surface area contributed by atoms with E-state index < -0.39 is 0 Å². The number of hydrogen-bond acceptors (Lipinski definition) is 2. The number of rotatable bonds is 5. The van der Waals surface area contributed by atoms with Crippen LogP contribution in [0.2, 0.25) is 0 Å². The van der Waals surface area contributed by atoms with Crippen LogP contribution in [0.15, 0.2) is 24.3 Å². The molecule has 0 aliphatic heterocycles. The molecule has 0 aromatic heterocycles. The first-order chi connectivity index (χ1) is 10.1. The second kappa shape index (κ2) is 7.42. The van der Waals surface area contributed by atoms with Crippen LogP contribution in [0.4, 0.5) is 0 Å². The Bertz CT molecular complexity index is 416. The van der Waals surface area contributed by atoms with Crippen molar-refractivity contribution >= 4 is 0 Å². The van der Waals surface area contributed by atoms with E-state index in [1.165, 1.54) is 36.8 Å². The number of methoxy groups -OCH3 is 1. The van der Waals surface area contributed by atoms with Crippen molar-refractivity contribution in [2.75, 3.05) is 7.11 Å². The molecule has 21 heavy (non-hydrogen) atoms. The summed E-state index contributed by atoms with van der Waals surface area (Å²) in [7, 11) is 1.84. The van der Waals surface area contributed by atoms with Crippen molar-refractivity contribution in [3.05, 3.63) is 35.4 Å². The molecule has 0 spiro atoms. The fourth-order valence-electron chi connectivity index (χ4n) is 3.53. The molecule has 2 N–H and O–H groups in total. The summed E-state index contributed by atoms with van der Waals surface area (Å²) in [6.07, 6.45) is 8.25. The Balaban J connectivity index is 2.05. The topological polar surface area (TPSA) is 35.2 Å². The molecule has 0 amide bonds. The van der Waals surface area contributed by atoms with Crippen LogP contribution in [-0.4, -0.2) is 18.8 Å². The average Bonchev–Trinajstić information content (AvgIpc) is 2.74. The van der Waals surface area contributed by atoms with Crippen LogP contribution in [0.1, 0.15) is 69.4 Å². The maximum absolute atomic E-state index is 6.57. The van der Waals surface area contributed by atoms with E-state index in [9.17, 15) is 0 Å². The highest BCUT2D eigenvalue weighted by molar-refractivity contribution is 5.25. The Morgan fingerprint density at radius 2 is 1.62 bits per heavy atom. The quantitative estimate of drug-likeness (QED) is 0.814. The van der Waals surface area contributed by atoms with Gasteiger partial charge in [-0.2, -0.15) is 0 Å². The van der Waals surface area contributed by atoms with Crippen molar-refractivity contribution in [3.63, 3.8) is 0 Å². The van der Waals surface area contributed by atoms with Crippen LogP contribution in [0.25, 0.3) is 0 Å². The molecule has 0 heterocycles. The van der Waals surface area contributed by atoms with E-state index in [4.69, 9.17) is 10.5 Å². The van der Waals surface area contributed by atoms with E-state index in [2.05, 4.69) is 38.1 Å². The van der Waals surface area contributed by atoms with Gasteiger partial charge in [0.05, 0.1) is 5.60 Å². The van der Waals surface area contributed by atoms with Crippen molar-refractivity contribution in [1.29, 1.82) is 0 Å². The van der Waals surface area contributed by atoms with Crippen molar-refractivity contribution in [1.82, 2.24) is 0 Å². The standard InChI is InChI=1S/C19H31NO/c1-15(2)17-10-8-16(9-11-17)14-18(20)19(21-3)12-6-4-5-7-13-19/h8-11,15,18H,4-7,12-14,20H2,1-3H3. The lowest BCUT2D eigenvalue weighted by Gasteiger charge is -2.37. The first-order valence-corrected chi connectivity index (χ1v) is 8.47. The summed E-state index contributed by atoms with van der Waals surface area (Å²) in [6.45, 7) is 4.46. The second-order valence-electron chi connectivity index (χ2n) is 6.89. The Labute approximate surface area is 130 Å². The van der Waals surface area contributed by atoms with Crippen molar-refractivity contribution in [2.45, 2.75) is 76.4 Å². The van der Waals surface area contributed by atoms with E-state index in [1.807, 2.05) is 7.11 Å². The van der Waals surface area contributed by atoms with Crippen LogP contribution in [0, 0.1) is 0 Å². The predicted octanol–water partition coefficient (Wildman–Crippen LogP) is 4.42. The molecule has 2 heteroatoms. The highest BCUT2D eigenvalue weighted by atomic mass is 16.5. The summed E-state index contributed by atoms with van der Waals surface area (Å²) in [5.74, 6) is 0.583. The molecule has 2 nitrogen and oxygen atoms in total. The summed E-state index contributed by atoms with van der Waals surface area (Å²) in [6, 6.07) is 9.02. The minimum Gasteiger partial charge on any atom is -0.377 e. The van der Waals surface area contributed by atoms with Crippen LogP contribution >= 0.6 is 0 Å². The van der Waals surface area contributed by atoms with Crippen molar-refractivity contribution in [2.24, 2.45) is 5.73 Å². The van der Waals surface area contributed by atoms with Crippen LogP contribution in [-0.2, 0) is 11.2 Å². The first-order valence-electron chi connectivity index (χ1n) is 8.47. The third-order valence-electron chi connectivity index (χ3n) is 5.13. The van der Waals surface area contributed by atoms with Gasteiger partial charge in [-0.15, -0.1) is 0 Å². The van der Waals surface area contributed by atoms with Gasteiger partial charge in [-0.3, -0.25) is 0 Å². The summed E-state index contributed by atoms with van der Waals surface area (Å²) in [4.78, 5) is 0. The zero-order chi connectivity index (χ0) is 15.3. The smallest absolute Gasteiger partial charge is 0.0832 e. The molecular formula is C19H31NO. The van der Waals surface area contributed by atoms with Gasteiger partial charge in [0, 0.05) is 13.2 Å². The normalized spacial score (nSPS) is 20.2. The molecule has 0 bridgehead atoms. The molecule has 0 saturated heterocycles. The summed E-state index contributed by atoms with van der Waals surface area (Å²) in [5, 5.41) is 0. The van der Waals surface area contributed by atoms with Gasteiger partial charge in [-0.25, -0.2) is 0 Å². The summed E-state index contributed by atoms with van der Waals surface area (Å²) < 4.78 is 5.93. The summed E-state index contributed by atoms with van der Waals surface area (Å²) in [5.41, 5.74) is 9.17. The maximum atomic E-state index is 6.57. The molecule has 1 aromatic rings. The third-order valence-corrected chi connectivity index (χ3v) is 5.13. The van der Waals surface area contributed by atoms with Crippen LogP contribution < -0.4 is 5.73 Å². The van der Waals surface area contributed by atoms with Gasteiger partial charge in [0.25, 0.3) is 0 Å². The largest absolute Gasteiger partial charge is 0.377 e. The Kier molecular flexibility index (Phi) is 5.83. The molecule has 1 aromatic carbocycles. The second-order valence-corrected chi connectivity index (χ2v) is 6.89. The Morgan fingerprint density at radius 3 is 2.10 bits per heavy atom. The molecule has 118 valence electrons. The lowest BCUT2D eigenvalue weighted by molar-refractivity contribution is -0.0430.